The third kappa shape index (κ3) is 2.60. The largest absolute Gasteiger partial charge is 0.383 e. The molecule has 0 radical (unpaired) electrons. The Balaban J connectivity index is 1.98. The number of halogens is 2. The van der Waals surface area contributed by atoms with Crippen LogP contribution in [-0.2, 0) is 13.0 Å². The van der Waals surface area contributed by atoms with Gasteiger partial charge in [-0.25, -0.2) is 9.07 Å². The van der Waals surface area contributed by atoms with E-state index < -0.39 is 0 Å². The van der Waals surface area contributed by atoms with E-state index >= 15 is 0 Å². The first-order valence-electron chi connectivity index (χ1n) is 6.42. The van der Waals surface area contributed by atoms with E-state index in [-0.39, 0.29) is 17.9 Å². The van der Waals surface area contributed by atoms with Crippen molar-refractivity contribution in [3.05, 3.63) is 56.2 Å². The molecule has 1 aromatic carbocycles. The molecule has 1 aromatic heterocycles. The number of aromatic nitrogens is 2. The van der Waals surface area contributed by atoms with Gasteiger partial charge in [-0.15, -0.1) is 0 Å². The Hall–Kier alpha value is -1.69. The lowest BCUT2D eigenvalue weighted by atomic mass is 10.1. The van der Waals surface area contributed by atoms with Crippen molar-refractivity contribution in [3.8, 4) is 0 Å². The molecule has 104 valence electrons. The van der Waals surface area contributed by atoms with Crippen LogP contribution in [0.15, 0.2) is 33.5 Å². The second-order valence-electron chi connectivity index (χ2n) is 4.77. The van der Waals surface area contributed by atoms with Crippen LogP contribution in [0.4, 0.5) is 10.1 Å². The van der Waals surface area contributed by atoms with Crippen LogP contribution in [0.3, 0.4) is 0 Å². The Kier molecular flexibility index (Phi) is 3.56. The van der Waals surface area contributed by atoms with Gasteiger partial charge in [-0.2, -0.15) is 5.10 Å². The highest BCUT2D eigenvalue weighted by Gasteiger charge is 2.13. The molecular weight excluding hydrogens is 325 g/mol. The molecule has 3 rings (SSSR count). The summed E-state index contributed by atoms with van der Waals surface area (Å²) in [5.74, 6) is -0.335. The van der Waals surface area contributed by atoms with Crippen LogP contribution >= 0.6 is 15.9 Å². The number of aryl methyl sites for hydroxylation is 1. The molecule has 0 saturated heterocycles. The molecule has 0 atom stereocenters. The average molecular weight is 338 g/mol. The molecule has 0 spiro atoms. The number of nitrogens with zero attached hydrogens (tertiary/aromatic N) is 2. The van der Waals surface area contributed by atoms with Crippen LogP contribution < -0.4 is 10.9 Å². The van der Waals surface area contributed by atoms with E-state index in [1.807, 2.05) is 0 Å². The van der Waals surface area contributed by atoms with E-state index in [1.54, 1.807) is 12.1 Å². The van der Waals surface area contributed by atoms with Crippen molar-refractivity contribution in [2.75, 3.05) is 11.9 Å². The summed E-state index contributed by atoms with van der Waals surface area (Å²) in [6.07, 6.45) is 1.83. The lowest BCUT2D eigenvalue weighted by Gasteiger charge is -2.17. The predicted octanol–water partition coefficient (Wildman–Crippen LogP) is 2.55. The molecule has 2 heterocycles. The summed E-state index contributed by atoms with van der Waals surface area (Å²) in [5, 5.41) is 7.50. The summed E-state index contributed by atoms with van der Waals surface area (Å²) >= 11 is 3.30. The number of hydrogen-bond acceptors (Lipinski definition) is 3. The minimum Gasteiger partial charge on any atom is -0.383 e. The minimum absolute atomic E-state index is 0.136. The van der Waals surface area contributed by atoms with E-state index in [0.29, 0.717) is 5.56 Å². The van der Waals surface area contributed by atoms with E-state index in [1.165, 1.54) is 16.8 Å². The molecule has 20 heavy (non-hydrogen) atoms. The third-order valence-electron chi connectivity index (χ3n) is 3.31. The molecule has 1 aliphatic rings. The smallest absolute Gasteiger partial charge is 0.269 e. The van der Waals surface area contributed by atoms with E-state index in [4.69, 9.17) is 0 Å². The second kappa shape index (κ2) is 5.36. The summed E-state index contributed by atoms with van der Waals surface area (Å²) < 4.78 is 15.8. The van der Waals surface area contributed by atoms with Crippen molar-refractivity contribution >= 4 is 21.6 Å². The number of benzene rings is 1. The molecular formula is C14H13BrFN3O. The summed E-state index contributed by atoms with van der Waals surface area (Å²) in [6.45, 7) is 0.996. The van der Waals surface area contributed by atoms with Crippen LogP contribution in [0.25, 0.3) is 0 Å². The second-order valence-corrected chi connectivity index (χ2v) is 5.68. The normalized spacial score (nSPS) is 13.7. The summed E-state index contributed by atoms with van der Waals surface area (Å²) in [6, 6.07) is 6.22. The highest BCUT2D eigenvalue weighted by atomic mass is 79.9. The summed E-state index contributed by atoms with van der Waals surface area (Å²) in [7, 11) is 0. The zero-order chi connectivity index (χ0) is 14.1. The van der Waals surface area contributed by atoms with Gasteiger partial charge in [0, 0.05) is 22.6 Å². The van der Waals surface area contributed by atoms with Gasteiger partial charge in [-0.05, 0) is 31.0 Å². The fraction of sp³-hybridized carbons (Fsp3) is 0.286. The molecule has 2 aromatic rings. The van der Waals surface area contributed by atoms with Crippen molar-refractivity contribution in [2.45, 2.75) is 19.4 Å². The van der Waals surface area contributed by atoms with Crippen molar-refractivity contribution in [3.63, 3.8) is 0 Å². The summed E-state index contributed by atoms with van der Waals surface area (Å²) in [5.41, 5.74) is 1.88. The standard InChI is InChI=1S/C14H13BrFN3O/c15-10-3-4-11(16)9(6-10)8-19-14(20)7-13-12(18-19)2-1-5-17-13/h3-4,6-7,17H,1-2,5,8H2. The maximum Gasteiger partial charge on any atom is 0.269 e. The maximum absolute atomic E-state index is 13.7. The number of hydrogen-bond donors (Lipinski definition) is 1. The SMILES string of the molecule is O=c1cc2c(nn1Cc1cc(Br)ccc1F)CCCN2. The monoisotopic (exact) mass is 337 g/mol. The highest BCUT2D eigenvalue weighted by molar-refractivity contribution is 9.10. The van der Waals surface area contributed by atoms with Crippen LogP contribution in [-0.4, -0.2) is 16.3 Å². The van der Waals surface area contributed by atoms with Crippen LogP contribution in [0.2, 0.25) is 0 Å². The maximum atomic E-state index is 13.7. The molecule has 0 aliphatic carbocycles. The molecule has 1 aliphatic heterocycles. The van der Waals surface area contributed by atoms with Crippen LogP contribution in [0.5, 0.6) is 0 Å². The van der Waals surface area contributed by atoms with Gasteiger partial charge in [-0.1, -0.05) is 15.9 Å². The molecule has 6 heteroatoms. The fourth-order valence-electron chi connectivity index (χ4n) is 2.29. The molecule has 0 fully saturated rings. The third-order valence-corrected chi connectivity index (χ3v) is 3.80. The predicted molar refractivity (Wildman–Crippen MR) is 78.5 cm³/mol. The molecule has 0 saturated carbocycles. The fourth-order valence-corrected chi connectivity index (χ4v) is 2.69. The zero-order valence-electron chi connectivity index (χ0n) is 10.7. The molecule has 0 unspecified atom stereocenters. The number of fused-ring (bicyclic) bond motifs is 1. The van der Waals surface area contributed by atoms with E-state index in [2.05, 4.69) is 26.3 Å². The lowest BCUT2D eigenvalue weighted by Crippen LogP contribution is -2.27. The van der Waals surface area contributed by atoms with Crippen molar-refractivity contribution in [2.24, 2.45) is 0 Å². The minimum atomic E-state index is -0.335. The zero-order valence-corrected chi connectivity index (χ0v) is 12.3. The quantitative estimate of drug-likeness (QED) is 0.916. The van der Waals surface area contributed by atoms with Crippen molar-refractivity contribution < 1.29 is 4.39 Å². The Morgan fingerprint density at radius 3 is 3.10 bits per heavy atom. The van der Waals surface area contributed by atoms with Gasteiger partial charge in [0.2, 0.25) is 0 Å². The Morgan fingerprint density at radius 1 is 1.40 bits per heavy atom. The molecule has 0 bridgehead atoms. The van der Waals surface area contributed by atoms with Crippen LogP contribution in [0.1, 0.15) is 17.7 Å². The van der Waals surface area contributed by atoms with Gasteiger partial charge in [-0.3, -0.25) is 4.79 Å². The number of rotatable bonds is 2. The van der Waals surface area contributed by atoms with Gasteiger partial charge in [0.1, 0.15) is 5.82 Å². The number of nitrogens with one attached hydrogen (secondary N) is 1. The van der Waals surface area contributed by atoms with Gasteiger partial charge in [0.25, 0.3) is 5.56 Å². The highest BCUT2D eigenvalue weighted by Crippen LogP contribution is 2.18. The Labute approximate surface area is 123 Å². The molecule has 0 amide bonds. The first-order chi connectivity index (χ1) is 9.63. The topological polar surface area (TPSA) is 46.9 Å². The summed E-state index contributed by atoms with van der Waals surface area (Å²) in [4.78, 5) is 12.0. The number of anilines is 1. The van der Waals surface area contributed by atoms with Crippen molar-refractivity contribution in [1.29, 1.82) is 0 Å². The van der Waals surface area contributed by atoms with Gasteiger partial charge in [0.05, 0.1) is 17.9 Å². The molecule has 1 N–H and O–H groups in total. The van der Waals surface area contributed by atoms with Gasteiger partial charge < -0.3 is 5.32 Å². The van der Waals surface area contributed by atoms with E-state index in [9.17, 15) is 9.18 Å². The van der Waals surface area contributed by atoms with E-state index in [0.717, 1.165) is 35.2 Å². The lowest BCUT2D eigenvalue weighted by molar-refractivity contribution is 0.562. The first-order valence-corrected chi connectivity index (χ1v) is 7.21. The Morgan fingerprint density at radius 2 is 2.25 bits per heavy atom. The van der Waals surface area contributed by atoms with Gasteiger partial charge >= 0.3 is 0 Å². The van der Waals surface area contributed by atoms with Crippen LogP contribution in [0, 0.1) is 5.82 Å². The van der Waals surface area contributed by atoms with Crippen molar-refractivity contribution in [1.82, 2.24) is 9.78 Å². The molecule has 4 nitrogen and oxygen atoms in total. The Bertz CT molecular complexity index is 714. The van der Waals surface area contributed by atoms with Gasteiger partial charge in [0.15, 0.2) is 0 Å². The average Bonchev–Trinajstić information content (AvgIpc) is 2.43. The first kappa shape index (κ1) is 13.3.